The van der Waals surface area contributed by atoms with Gasteiger partial charge in [-0.2, -0.15) is 0 Å². The molecule has 1 aromatic carbocycles. The Kier molecular flexibility index (Phi) is 10.3. The summed E-state index contributed by atoms with van der Waals surface area (Å²) in [5, 5.41) is 3.34. The normalized spacial score (nSPS) is 17.2. The number of sulfonamides is 1. The van der Waals surface area contributed by atoms with Crippen molar-refractivity contribution in [1.29, 1.82) is 0 Å². The lowest BCUT2D eigenvalue weighted by atomic mass is 9.96. The van der Waals surface area contributed by atoms with Crippen LogP contribution in [0, 0.1) is 5.92 Å². The van der Waals surface area contributed by atoms with Crippen LogP contribution in [0.15, 0.2) is 29.2 Å². The van der Waals surface area contributed by atoms with E-state index in [2.05, 4.69) is 17.0 Å². The summed E-state index contributed by atoms with van der Waals surface area (Å²) in [6, 6.07) is 6.45. The molecule has 0 spiro atoms. The van der Waals surface area contributed by atoms with Crippen LogP contribution in [0.4, 0.5) is 0 Å². The number of hydrogen-bond donors (Lipinski definition) is 2. The summed E-state index contributed by atoms with van der Waals surface area (Å²) in [6.07, 6.45) is 4.95. The van der Waals surface area contributed by atoms with Crippen molar-refractivity contribution in [2.24, 2.45) is 5.92 Å². The lowest BCUT2D eigenvalue weighted by Crippen LogP contribution is -2.34. The Morgan fingerprint density at radius 3 is 2.74 bits per heavy atom. The number of nitrogens with one attached hydrogen (secondary N) is 2. The van der Waals surface area contributed by atoms with E-state index in [1.54, 1.807) is 30.1 Å². The van der Waals surface area contributed by atoms with Crippen LogP contribution < -0.4 is 10.0 Å². The van der Waals surface area contributed by atoms with Crippen LogP contribution in [0.25, 0.3) is 0 Å². The van der Waals surface area contributed by atoms with E-state index in [4.69, 9.17) is 0 Å². The minimum absolute atomic E-state index is 0. The van der Waals surface area contributed by atoms with Crippen LogP contribution in [-0.4, -0.2) is 52.5 Å². The molecule has 1 aliphatic rings. The van der Waals surface area contributed by atoms with Crippen molar-refractivity contribution in [2.45, 2.75) is 43.9 Å². The molecule has 6 nitrogen and oxygen atoms in total. The predicted molar refractivity (Wildman–Crippen MR) is 111 cm³/mol. The van der Waals surface area contributed by atoms with Crippen molar-refractivity contribution in [2.75, 3.05) is 33.2 Å². The molecule has 1 heterocycles. The Balaban J connectivity index is 0.00000364. The minimum atomic E-state index is -3.71. The summed E-state index contributed by atoms with van der Waals surface area (Å²) in [4.78, 5) is 14.3. The van der Waals surface area contributed by atoms with E-state index >= 15 is 0 Å². The summed E-state index contributed by atoms with van der Waals surface area (Å²) in [6.45, 7) is 5.06. The van der Waals surface area contributed by atoms with Crippen molar-refractivity contribution in [3.05, 3.63) is 29.8 Å². The van der Waals surface area contributed by atoms with Gasteiger partial charge in [0.15, 0.2) is 0 Å². The molecule has 0 saturated carbocycles. The molecule has 1 atom stereocenters. The third-order valence-corrected chi connectivity index (χ3v) is 6.36. The van der Waals surface area contributed by atoms with Gasteiger partial charge in [-0.05, 0) is 56.8 Å². The van der Waals surface area contributed by atoms with Crippen LogP contribution in [0.5, 0.6) is 0 Å². The van der Waals surface area contributed by atoms with Crippen LogP contribution >= 0.6 is 12.4 Å². The first-order valence-corrected chi connectivity index (χ1v) is 11.0. The van der Waals surface area contributed by atoms with Gasteiger partial charge < -0.3 is 10.2 Å². The maximum absolute atomic E-state index is 12.7. The highest BCUT2D eigenvalue weighted by Gasteiger charge is 2.24. The molecule has 27 heavy (non-hydrogen) atoms. The van der Waals surface area contributed by atoms with Crippen LogP contribution in [0.3, 0.4) is 0 Å². The first-order chi connectivity index (χ1) is 12.5. The number of halogens is 1. The lowest BCUT2D eigenvalue weighted by molar-refractivity contribution is 0.0789. The summed E-state index contributed by atoms with van der Waals surface area (Å²) in [7, 11) is -2.00. The average molecular weight is 418 g/mol. The molecule has 1 saturated heterocycles. The predicted octanol–water partition coefficient (Wildman–Crippen LogP) is 2.65. The number of benzene rings is 1. The Morgan fingerprint density at radius 1 is 1.33 bits per heavy atom. The second-order valence-corrected chi connectivity index (χ2v) is 8.71. The number of hydrogen-bond acceptors (Lipinski definition) is 4. The molecule has 0 aromatic heterocycles. The molecule has 8 heteroatoms. The molecule has 0 bridgehead atoms. The number of carbonyl (C=O) groups excluding carboxylic acids is 1. The smallest absolute Gasteiger partial charge is 0.254 e. The molecule has 1 amide bonds. The van der Waals surface area contributed by atoms with E-state index in [1.165, 1.54) is 6.07 Å². The molecule has 1 unspecified atom stereocenters. The van der Waals surface area contributed by atoms with E-state index in [0.29, 0.717) is 19.0 Å². The summed E-state index contributed by atoms with van der Waals surface area (Å²) in [5.74, 6) is 0.249. The van der Waals surface area contributed by atoms with E-state index in [9.17, 15) is 13.2 Å². The third kappa shape index (κ3) is 7.07. The van der Waals surface area contributed by atoms with Gasteiger partial charge in [-0.1, -0.05) is 25.5 Å². The van der Waals surface area contributed by atoms with E-state index in [-0.39, 0.29) is 28.8 Å². The van der Waals surface area contributed by atoms with Crippen molar-refractivity contribution in [1.82, 2.24) is 14.9 Å². The zero-order valence-electron chi connectivity index (χ0n) is 16.2. The van der Waals surface area contributed by atoms with Crippen molar-refractivity contribution < 1.29 is 13.2 Å². The zero-order chi connectivity index (χ0) is 19.0. The molecule has 1 aliphatic heterocycles. The topological polar surface area (TPSA) is 78.5 Å². The Labute approximate surface area is 169 Å². The first-order valence-electron chi connectivity index (χ1n) is 9.50. The second kappa shape index (κ2) is 11.6. The van der Waals surface area contributed by atoms with Gasteiger partial charge in [0.05, 0.1) is 10.5 Å². The van der Waals surface area contributed by atoms with Crippen molar-refractivity contribution in [3.63, 3.8) is 0 Å². The summed E-state index contributed by atoms with van der Waals surface area (Å²) >= 11 is 0. The van der Waals surface area contributed by atoms with Crippen LogP contribution in [-0.2, 0) is 10.0 Å². The van der Waals surface area contributed by atoms with Gasteiger partial charge >= 0.3 is 0 Å². The highest BCUT2D eigenvalue weighted by molar-refractivity contribution is 7.89. The molecule has 1 fully saturated rings. The molecule has 0 radical (unpaired) electrons. The average Bonchev–Trinajstić information content (AvgIpc) is 2.66. The van der Waals surface area contributed by atoms with E-state index in [1.807, 2.05) is 0 Å². The molecular weight excluding hydrogens is 386 g/mol. The fourth-order valence-electron chi connectivity index (χ4n) is 3.23. The first kappa shape index (κ1) is 23.9. The maximum Gasteiger partial charge on any atom is 0.254 e. The number of rotatable bonds is 9. The van der Waals surface area contributed by atoms with Crippen LogP contribution in [0.1, 0.15) is 49.4 Å². The highest BCUT2D eigenvalue weighted by atomic mass is 35.5. The Morgan fingerprint density at radius 2 is 2.07 bits per heavy atom. The number of unbranched alkanes of at least 4 members (excludes halogenated alkanes) is 1. The summed E-state index contributed by atoms with van der Waals surface area (Å²) in [5.41, 5.74) is 0.234. The van der Waals surface area contributed by atoms with Gasteiger partial charge in [0.1, 0.15) is 0 Å². The van der Waals surface area contributed by atoms with Gasteiger partial charge in [0.25, 0.3) is 5.91 Å². The molecule has 154 valence electrons. The maximum atomic E-state index is 12.7. The zero-order valence-corrected chi connectivity index (χ0v) is 17.9. The molecule has 1 aromatic rings. The number of nitrogens with zero attached hydrogens (tertiary/aromatic N) is 1. The molecule has 2 rings (SSSR count). The Hall–Kier alpha value is -1.15. The third-order valence-electron chi connectivity index (χ3n) is 4.84. The largest absolute Gasteiger partial charge is 0.342 e. The van der Waals surface area contributed by atoms with Crippen LogP contribution in [0.2, 0.25) is 0 Å². The fourth-order valence-corrected chi connectivity index (χ4v) is 4.47. The fraction of sp³-hybridized carbons (Fsp3) is 0.632. The van der Waals surface area contributed by atoms with Gasteiger partial charge in [0, 0.05) is 20.1 Å². The number of piperidine rings is 1. The number of carbonyl (C=O) groups is 1. The second-order valence-electron chi connectivity index (χ2n) is 6.98. The Bertz CT molecular complexity index is 691. The summed E-state index contributed by atoms with van der Waals surface area (Å²) < 4.78 is 28.2. The minimum Gasteiger partial charge on any atom is -0.342 e. The standard InChI is InChI=1S/C19H31N3O3S.ClH/c1-3-4-14-22(2)19(23)17-9-5-6-10-18(17)26(24,25)21-13-11-16-8-7-12-20-15-16;/h5-6,9-10,16,20-21H,3-4,7-8,11-15H2,1-2H3;1H. The molecular formula is C19H32ClN3O3S. The van der Waals surface area contributed by atoms with Crippen molar-refractivity contribution >= 4 is 28.3 Å². The number of amides is 1. The van der Waals surface area contributed by atoms with E-state index < -0.39 is 10.0 Å². The van der Waals surface area contributed by atoms with Gasteiger partial charge in [-0.3, -0.25) is 4.79 Å². The molecule has 2 N–H and O–H groups in total. The molecule has 0 aliphatic carbocycles. The quantitative estimate of drug-likeness (QED) is 0.647. The van der Waals surface area contributed by atoms with E-state index in [0.717, 1.165) is 45.2 Å². The lowest BCUT2D eigenvalue weighted by Gasteiger charge is -2.23. The SMILES string of the molecule is CCCCN(C)C(=O)c1ccccc1S(=O)(=O)NCCC1CCCNC1.Cl. The van der Waals surface area contributed by atoms with Gasteiger partial charge in [-0.15, -0.1) is 12.4 Å². The van der Waals surface area contributed by atoms with Crippen molar-refractivity contribution in [3.8, 4) is 0 Å². The monoisotopic (exact) mass is 417 g/mol. The highest BCUT2D eigenvalue weighted by Crippen LogP contribution is 2.18. The van der Waals surface area contributed by atoms with Gasteiger partial charge in [0.2, 0.25) is 10.0 Å². The van der Waals surface area contributed by atoms with Gasteiger partial charge in [-0.25, -0.2) is 13.1 Å².